The third-order valence-corrected chi connectivity index (χ3v) is 4.46. The van der Waals surface area contributed by atoms with E-state index in [2.05, 4.69) is 18.8 Å². The van der Waals surface area contributed by atoms with Gasteiger partial charge in [0.15, 0.2) is 0 Å². The SMILES string of the molecule is CCOC1(c2nc(N)cs2)CCC(C)CC1. The van der Waals surface area contributed by atoms with Crippen LogP contribution in [0.25, 0.3) is 0 Å². The standard InChI is InChI=1S/C12H20N2OS/c1-3-15-12(6-4-9(2)5-7-12)11-14-10(13)8-16-11/h8-9H,3-7,13H2,1-2H3. The van der Waals surface area contributed by atoms with Gasteiger partial charge in [-0.2, -0.15) is 0 Å². The number of nitrogen functional groups attached to an aromatic ring is 1. The second-order valence-electron chi connectivity index (χ2n) is 4.69. The molecule has 1 fully saturated rings. The molecule has 0 spiro atoms. The fourth-order valence-corrected chi connectivity index (χ4v) is 3.34. The van der Waals surface area contributed by atoms with Gasteiger partial charge in [0.25, 0.3) is 0 Å². The molecule has 3 nitrogen and oxygen atoms in total. The Morgan fingerprint density at radius 3 is 2.75 bits per heavy atom. The summed E-state index contributed by atoms with van der Waals surface area (Å²) in [6.45, 7) is 5.11. The molecule has 2 N–H and O–H groups in total. The zero-order valence-corrected chi connectivity index (χ0v) is 10.8. The quantitative estimate of drug-likeness (QED) is 0.882. The van der Waals surface area contributed by atoms with Gasteiger partial charge >= 0.3 is 0 Å². The highest BCUT2D eigenvalue weighted by atomic mass is 32.1. The summed E-state index contributed by atoms with van der Waals surface area (Å²) in [5.74, 6) is 1.43. The third kappa shape index (κ3) is 2.23. The number of nitrogens with zero attached hydrogens (tertiary/aromatic N) is 1. The number of anilines is 1. The van der Waals surface area contributed by atoms with Crippen molar-refractivity contribution >= 4 is 17.2 Å². The van der Waals surface area contributed by atoms with Gasteiger partial charge in [0.05, 0.1) is 0 Å². The van der Waals surface area contributed by atoms with E-state index >= 15 is 0 Å². The third-order valence-electron chi connectivity index (χ3n) is 3.41. The second-order valence-corrected chi connectivity index (χ2v) is 5.55. The van der Waals surface area contributed by atoms with Crippen LogP contribution in [0.1, 0.15) is 44.5 Å². The maximum absolute atomic E-state index is 6.01. The van der Waals surface area contributed by atoms with Crippen molar-refractivity contribution in [3.63, 3.8) is 0 Å². The van der Waals surface area contributed by atoms with Crippen LogP contribution in [0.3, 0.4) is 0 Å². The predicted octanol–water partition coefficient (Wildman–Crippen LogP) is 3.17. The maximum atomic E-state index is 6.01. The molecule has 0 atom stereocenters. The lowest BCUT2D eigenvalue weighted by Gasteiger charge is -2.37. The molecule has 1 heterocycles. The monoisotopic (exact) mass is 240 g/mol. The Morgan fingerprint density at radius 2 is 2.25 bits per heavy atom. The first-order valence-electron chi connectivity index (χ1n) is 6.02. The molecule has 0 bridgehead atoms. The Hall–Kier alpha value is -0.610. The number of ether oxygens (including phenoxy) is 1. The summed E-state index contributed by atoms with van der Waals surface area (Å²) in [6, 6.07) is 0. The molecule has 1 saturated carbocycles. The van der Waals surface area contributed by atoms with Crippen molar-refractivity contribution in [3.05, 3.63) is 10.4 Å². The molecule has 0 unspecified atom stereocenters. The molecule has 0 saturated heterocycles. The first-order valence-corrected chi connectivity index (χ1v) is 6.89. The van der Waals surface area contributed by atoms with Crippen molar-refractivity contribution in [2.75, 3.05) is 12.3 Å². The van der Waals surface area contributed by atoms with Gasteiger partial charge in [-0.25, -0.2) is 4.98 Å². The maximum Gasteiger partial charge on any atom is 0.134 e. The highest BCUT2D eigenvalue weighted by molar-refractivity contribution is 7.10. The van der Waals surface area contributed by atoms with Gasteiger partial charge in [0.2, 0.25) is 0 Å². The Kier molecular flexibility index (Phi) is 3.50. The minimum atomic E-state index is -0.149. The van der Waals surface area contributed by atoms with Crippen molar-refractivity contribution in [2.24, 2.45) is 5.92 Å². The van der Waals surface area contributed by atoms with Crippen LogP contribution in [0.15, 0.2) is 5.38 Å². The van der Waals surface area contributed by atoms with E-state index in [1.807, 2.05) is 5.38 Å². The molecule has 1 aromatic heterocycles. The summed E-state index contributed by atoms with van der Waals surface area (Å²) in [4.78, 5) is 4.42. The molecular weight excluding hydrogens is 220 g/mol. The molecule has 0 aromatic carbocycles. The lowest BCUT2D eigenvalue weighted by atomic mass is 9.79. The molecule has 0 amide bonds. The van der Waals surface area contributed by atoms with Gasteiger partial charge in [0, 0.05) is 12.0 Å². The average Bonchev–Trinajstić information content (AvgIpc) is 2.70. The van der Waals surface area contributed by atoms with Crippen LogP contribution in [0.2, 0.25) is 0 Å². The second kappa shape index (κ2) is 4.72. The van der Waals surface area contributed by atoms with E-state index < -0.39 is 0 Å². The number of nitrogens with two attached hydrogens (primary N) is 1. The van der Waals surface area contributed by atoms with Gasteiger partial charge in [-0.15, -0.1) is 11.3 Å². The summed E-state index contributed by atoms with van der Waals surface area (Å²) < 4.78 is 6.01. The molecule has 16 heavy (non-hydrogen) atoms. The summed E-state index contributed by atoms with van der Waals surface area (Å²) in [6.07, 6.45) is 4.60. The van der Waals surface area contributed by atoms with E-state index in [9.17, 15) is 0 Å². The Bertz CT molecular complexity index is 343. The van der Waals surface area contributed by atoms with E-state index in [1.165, 1.54) is 12.8 Å². The van der Waals surface area contributed by atoms with Gasteiger partial charge in [-0.3, -0.25) is 0 Å². The Labute approximate surface area is 101 Å². The largest absolute Gasteiger partial charge is 0.383 e. The minimum absolute atomic E-state index is 0.149. The van der Waals surface area contributed by atoms with Crippen LogP contribution in [0.4, 0.5) is 5.82 Å². The topological polar surface area (TPSA) is 48.1 Å². The van der Waals surface area contributed by atoms with Crippen molar-refractivity contribution in [1.29, 1.82) is 0 Å². The predicted molar refractivity (Wildman–Crippen MR) is 67.5 cm³/mol. The van der Waals surface area contributed by atoms with Crippen LogP contribution in [-0.2, 0) is 10.3 Å². The Balaban J connectivity index is 2.22. The lowest BCUT2D eigenvalue weighted by molar-refractivity contribution is -0.0775. The first kappa shape index (κ1) is 11.9. The number of rotatable bonds is 3. The summed E-state index contributed by atoms with van der Waals surface area (Å²) >= 11 is 1.63. The van der Waals surface area contributed by atoms with Crippen LogP contribution in [0, 0.1) is 5.92 Å². The fraction of sp³-hybridized carbons (Fsp3) is 0.750. The molecule has 2 rings (SSSR count). The summed E-state index contributed by atoms with van der Waals surface area (Å²) in [7, 11) is 0. The van der Waals surface area contributed by atoms with E-state index in [4.69, 9.17) is 10.5 Å². The van der Waals surface area contributed by atoms with Crippen LogP contribution < -0.4 is 5.73 Å². The molecule has 1 aliphatic carbocycles. The number of aromatic nitrogens is 1. The van der Waals surface area contributed by atoms with E-state index in [-0.39, 0.29) is 5.60 Å². The number of hydrogen-bond donors (Lipinski definition) is 1. The molecule has 4 heteroatoms. The van der Waals surface area contributed by atoms with E-state index in [0.717, 1.165) is 30.4 Å². The first-order chi connectivity index (χ1) is 7.66. The smallest absolute Gasteiger partial charge is 0.134 e. The molecule has 0 aliphatic heterocycles. The van der Waals surface area contributed by atoms with E-state index in [1.54, 1.807) is 11.3 Å². The Morgan fingerprint density at radius 1 is 1.56 bits per heavy atom. The molecule has 90 valence electrons. The van der Waals surface area contributed by atoms with Crippen LogP contribution in [0.5, 0.6) is 0 Å². The zero-order chi connectivity index (χ0) is 11.6. The molecule has 1 aromatic rings. The summed E-state index contributed by atoms with van der Waals surface area (Å²) in [5, 5.41) is 2.98. The van der Waals surface area contributed by atoms with Crippen molar-refractivity contribution in [2.45, 2.75) is 45.1 Å². The van der Waals surface area contributed by atoms with Gasteiger partial charge in [-0.05, 0) is 38.5 Å². The highest BCUT2D eigenvalue weighted by Crippen LogP contribution is 2.43. The van der Waals surface area contributed by atoms with E-state index in [0.29, 0.717) is 5.82 Å². The van der Waals surface area contributed by atoms with Gasteiger partial charge in [-0.1, -0.05) is 6.92 Å². The highest BCUT2D eigenvalue weighted by Gasteiger charge is 2.39. The van der Waals surface area contributed by atoms with Crippen molar-refractivity contribution < 1.29 is 4.74 Å². The number of thiazole rings is 1. The zero-order valence-electron chi connectivity index (χ0n) is 10.0. The van der Waals surface area contributed by atoms with Crippen molar-refractivity contribution in [3.8, 4) is 0 Å². The fourth-order valence-electron chi connectivity index (χ4n) is 2.42. The molecule has 0 radical (unpaired) electrons. The normalized spacial score (nSPS) is 30.5. The van der Waals surface area contributed by atoms with Gasteiger partial charge in [0.1, 0.15) is 16.4 Å². The molecular formula is C12H20N2OS. The van der Waals surface area contributed by atoms with Crippen LogP contribution >= 0.6 is 11.3 Å². The van der Waals surface area contributed by atoms with Crippen LogP contribution in [-0.4, -0.2) is 11.6 Å². The minimum Gasteiger partial charge on any atom is -0.383 e. The van der Waals surface area contributed by atoms with Crippen molar-refractivity contribution in [1.82, 2.24) is 4.98 Å². The molecule has 1 aliphatic rings. The lowest BCUT2D eigenvalue weighted by Crippen LogP contribution is -2.34. The number of hydrogen-bond acceptors (Lipinski definition) is 4. The average molecular weight is 240 g/mol. The van der Waals surface area contributed by atoms with Gasteiger partial charge < -0.3 is 10.5 Å². The summed E-state index contributed by atoms with van der Waals surface area (Å²) in [5.41, 5.74) is 5.56.